The molecule has 0 bridgehead atoms. The standard InChI is InChI=1S/C15H22N6O2/c1-4-16-15(18-9-14-19-10-20-21(14)2)17-8-11-5-6-13(23-3)12(22)7-11/h5-7,10,22H,4,8-9H2,1-3H3,(H2,16,17,18). The Hall–Kier alpha value is -2.77. The SMILES string of the molecule is CCNC(=NCc1ccc(OC)c(O)c1)NCc1ncnn1C. The molecule has 8 heteroatoms. The van der Waals surface area contributed by atoms with E-state index in [-0.39, 0.29) is 5.75 Å². The average molecular weight is 318 g/mol. The van der Waals surface area contributed by atoms with Crippen molar-refractivity contribution in [2.45, 2.75) is 20.0 Å². The van der Waals surface area contributed by atoms with Crippen LogP contribution in [0.1, 0.15) is 18.3 Å². The molecule has 0 unspecified atom stereocenters. The average Bonchev–Trinajstić information content (AvgIpc) is 2.95. The van der Waals surface area contributed by atoms with Gasteiger partial charge in [-0.1, -0.05) is 6.07 Å². The lowest BCUT2D eigenvalue weighted by atomic mass is 10.2. The number of aliphatic imine (C=N–C) groups is 1. The van der Waals surface area contributed by atoms with Gasteiger partial charge in [0.05, 0.1) is 20.2 Å². The molecule has 1 aromatic heterocycles. The van der Waals surface area contributed by atoms with Crippen molar-refractivity contribution < 1.29 is 9.84 Å². The highest BCUT2D eigenvalue weighted by Crippen LogP contribution is 2.26. The molecule has 0 spiro atoms. The van der Waals surface area contributed by atoms with E-state index >= 15 is 0 Å². The number of aryl methyl sites for hydroxylation is 1. The Labute approximate surface area is 135 Å². The van der Waals surface area contributed by atoms with Crippen LogP contribution in [0, 0.1) is 0 Å². The molecule has 124 valence electrons. The Balaban J connectivity index is 2.00. The van der Waals surface area contributed by atoms with E-state index in [1.54, 1.807) is 16.8 Å². The lowest BCUT2D eigenvalue weighted by Gasteiger charge is -2.11. The molecular weight excluding hydrogens is 296 g/mol. The van der Waals surface area contributed by atoms with Gasteiger partial charge in [0.2, 0.25) is 0 Å². The first kappa shape index (κ1) is 16.6. The van der Waals surface area contributed by atoms with E-state index in [1.165, 1.54) is 13.4 Å². The van der Waals surface area contributed by atoms with E-state index in [0.29, 0.717) is 24.8 Å². The molecule has 0 saturated heterocycles. The van der Waals surface area contributed by atoms with Gasteiger partial charge in [-0.15, -0.1) is 0 Å². The first-order valence-electron chi connectivity index (χ1n) is 7.35. The van der Waals surface area contributed by atoms with Crippen LogP contribution in [-0.2, 0) is 20.1 Å². The van der Waals surface area contributed by atoms with E-state index in [4.69, 9.17) is 4.74 Å². The van der Waals surface area contributed by atoms with Crippen LogP contribution in [-0.4, -0.2) is 39.5 Å². The van der Waals surface area contributed by atoms with E-state index < -0.39 is 0 Å². The summed E-state index contributed by atoms with van der Waals surface area (Å²) in [6.07, 6.45) is 1.52. The number of benzene rings is 1. The fourth-order valence-corrected chi connectivity index (χ4v) is 1.99. The minimum atomic E-state index is 0.109. The fraction of sp³-hybridized carbons (Fsp3) is 0.400. The van der Waals surface area contributed by atoms with Gasteiger partial charge in [0.1, 0.15) is 12.2 Å². The van der Waals surface area contributed by atoms with Crippen LogP contribution in [0.2, 0.25) is 0 Å². The van der Waals surface area contributed by atoms with Crippen LogP contribution in [0.15, 0.2) is 29.5 Å². The van der Waals surface area contributed by atoms with Gasteiger partial charge in [-0.3, -0.25) is 4.68 Å². The van der Waals surface area contributed by atoms with Crippen molar-refractivity contribution in [3.8, 4) is 11.5 Å². The van der Waals surface area contributed by atoms with E-state index in [1.807, 2.05) is 20.0 Å². The van der Waals surface area contributed by atoms with Crippen molar-refractivity contribution in [1.82, 2.24) is 25.4 Å². The van der Waals surface area contributed by atoms with Crippen molar-refractivity contribution in [3.05, 3.63) is 35.9 Å². The number of phenols is 1. The third-order valence-electron chi connectivity index (χ3n) is 3.23. The zero-order valence-corrected chi connectivity index (χ0v) is 13.6. The highest BCUT2D eigenvalue weighted by Gasteiger charge is 2.04. The number of guanidine groups is 1. The van der Waals surface area contributed by atoms with E-state index in [2.05, 4.69) is 25.7 Å². The minimum absolute atomic E-state index is 0.109. The Morgan fingerprint density at radius 1 is 1.39 bits per heavy atom. The number of aromatic nitrogens is 3. The smallest absolute Gasteiger partial charge is 0.191 e. The highest BCUT2D eigenvalue weighted by atomic mass is 16.5. The fourth-order valence-electron chi connectivity index (χ4n) is 1.99. The van der Waals surface area contributed by atoms with Gasteiger partial charge in [-0.25, -0.2) is 9.98 Å². The summed E-state index contributed by atoms with van der Waals surface area (Å²) in [7, 11) is 3.36. The summed E-state index contributed by atoms with van der Waals surface area (Å²) >= 11 is 0. The second kappa shape index (κ2) is 8.02. The summed E-state index contributed by atoms with van der Waals surface area (Å²) in [5, 5.41) is 20.2. The molecule has 0 aliphatic carbocycles. The summed E-state index contributed by atoms with van der Waals surface area (Å²) in [5.74, 6) is 2.05. The minimum Gasteiger partial charge on any atom is -0.504 e. The van der Waals surface area contributed by atoms with Gasteiger partial charge < -0.3 is 20.5 Å². The summed E-state index contributed by atoms with van der Waals surface area (Å²) < 4.78 is 6.74. The predicted molar refractivity (Wildman–Crippen MR) is 87.3 cm³/mol. The second-order valence-electron chi connectivity index (χ2n) is 4.85. The zero-order valence-electron chi connectivity index (χ0n) is 13.6. The van der Waals surface area contributed by atoms with Crippen LogP contribution in [0.3, 0.4) is 0 Å². The van der Waals surface area contributed by atoms with Crippen molar-refractivity contribution in [2.75, 3.05) is 13.7 Å². The number of phenolic OH excluding ortho intramolecular Hbond substituents is 1. The molecule has 0 saturated carbocycles. The summed E-state index contributed by atoms with van der Waals surface area (Å²) in [6, 6.07) is 5.24. The number of methoxy groups -OCH3 is 1. The van der Waals surface area contributed by atoms with Crippen molar-refractivity contribution in [3.63, 3.8) is 0 Å². The van der Waals surface area contributed by atoms with Gasteiger partial charge in [0.25, 0.3) is 0 Å². The van der Waals surface area contributed by atoms with Gasteiger partial charge in [0, 0.05) is 13.6 Å². The maximum absolute atomic E-state index is 9.80. The van der Waals surface area contributed by atoms with Gasteiger partial charge in [-0.2, -0.15) is 5.10 Å². The largest absolute Gasteiger partial charge is 0.504 e. The molecule has 2 aromatic rings. The van der Waals surface area contributed by atoms with Crippen molar-refractivity contribution in [1.29, 1.82) is 0 Å². The van der Waals surface area contributed by atoms with Gasteiger partial charge in [0.15, 0.2) is 17.5 Å². The molecular formula is C15H22N6O2. The number of ether oxygens (including phenoxy) is 1. The Morgan fingerprint density at radius 3 is 2.83 bits per heavy atom. The number of hydrogen-bond donors (Lipinski definition) is 3. The Kier molecular flexibility index (Phi) is 5.79. The van der Waals surface area contributed by atoms with Crippen LogP contribution in [0.5, 0.6) is 11.5 Å². The highest BCUT2D eigenvalue weighted by molar-refractivity contribution is 5.79. The van der Waals surface area contributed by atoms with E-state index in [0.717, 1.165) is 17.9 Å². The molecule has 0 aliphatic rings. The normalized spacial score (nSPS) is 11.3. The zero-order chi connectivity index (χ0) is 16.7. The summed E-state index contributed by atoms with van der Waals surface area (Å²) in [5.41, 5.74) is 0.888. The molecule has 1 heterocycles. The summed E-state index contributed by atoms with van der Waals surface area (Å²) in [6.45, 7) is 3.71. The lowest BCUT2D eigenvalue weighted by molar-refractivity contribution is 0.373. The van der Waals surface area contributed by atoms with Crippen LogP contribution >= 0.6 is 0 Å². The third-order valence-corrected chi connectivity index (χ3v) is 3.23. The molecule has 0 radical (unpaired) electrons. The number of rotatable bonds is 6. The van der Waals surface area contributed by atoms with Gasteiger partial charge in [-0.05, 0) is 24.6 Å². The number of nitrogens with one attached hydrogen (secondary N) is 2. The maximum atomic E-state index is 9.80. The van der Waals surface area contributed by atoms with Crippen molar-refractivity contribution >= 4 is 5.96 Å². The Bertz CT molecular complexity index is 668. The molecule has 23 heavy (non-hydrogen) atoms. The quantitative estimate of drug-likeness (QED) is 0.538. The van der Waals surface area contributed by atoms with Crippen molar-refractivity contribution in [2.24, 2.45) is 12.0 Å². The second-order valence-corrected chi connectivity index (χ2v) is 4.85. The third kappa shape index (κ3) is 4.60. The van der Waals surface area contributed by atoms with Crippen LogP contribution in [0.4, 0.5) is 0 Å². The number of aromatic hydroxyl groups is 1. The molecule has 0 amide bonds. The number of hydrogen-bond acceptors (Lipinski definition) is 5. The monoisotopic (exact) mass is 318 g/mol. The van der Waals surface area contributed by atoms with Crippen LogP contribution < -0.4 is 15.4 Å². The van der Waals surface area contributed by atoms with Crippen LogP contribution in [0.25, 0.3) is 0 Å². The predicted octanol–water partition coefficient (Wildman–Crippen LogP) is 0.785. The molecule has 0 fully saturated rings. The molecule has 3 N–H and O–H groups in total. The maximum Gasteiger partial charge on any atom is 0.191 e. The molecule has 0 atom stereocenters. The van der Waals surface area contributed by atoms with Gasteiger partial charge >= 0.3 is 0 Å². The first-order valence-corrected chi connectivity index (χ1v) is 7.35. The molecule has 0 aliphatic heterocycles. The first-order chi connectivity index (χ1) is 11.1. The number of nitrogens with zero attached hydrogens (tertiary/aromatic N) is 4. The molecule has 2 rings (SSSR count). The van der Waals surface area contributed by atoms with E-state index in [9.17, 15) is 5.11 Å². The lowest BCUT2D eigenvalue weighted by Crippen LogP contribution is -2.37. The Morgan fingerprint density at radius 2 is 2.22 bits per heavy atom. The molecule has 1 aromatic carbocycles. The topological polar surface area (TPSA) is 96.6 Å². The summed E-state index contributed by atoms with van der Waals surface area (Å²) in [4.78, 5) is 8.65. The molecule has 8 nitrogen and oxygen atoms in total.